The average Bonchev–Trinajstić information content (AvgIpc) is 2.71. The van der Waals surface area contributed by atoms with Gasteiger partial charge in [-0.05, 0) is 12.1 Å². The predicted molar refractivity (Wildman–Crippen MR) is 79.2 cm³/mol. The summed E-state index contributed by atoms with van der Waals surface area (Å²) in [5.41, 5.74) is 1.78. The van der Waals surface area contributed by atoms with Crippen molar-refractivity contribution in [1.29, 1.82) is 0 Å². The molecule has 1 saturated heterocycles. The Hall–Kier alpha value is -1.82. The van der Waals surface area contributed by atoms with Crippen LogP contribution in [0.2, 0.25) is 0 Å². The maximum atomic E-state index is 12.5. The Morgan fingerprint density at radius 3 is 2.65 bits per heavy atom. The fourth-order valence-corrected chi connectivity index (χ4v) is 2.97. The van der Waals surface area contributed by atoms with E-state index in [-0.39, 0.29) is 11.7 Å². The van der Waals surface area contributed by atoms with Crippen molar-refractivity contribution < 1.29 is 5.32 Å². The van der Waals surface area contributed by atoms with Crippen LogP contribution in [-0.4, -0.2) is 41.3 Å². The zero-order chi connectivity index (χ0) is 14.3. The predicted octanol–water partition coefficient (Wildman–Crippen LogP) is -0.301. The monoisotopic (exact) mass is 276 g/mol. The van der Waals surface area contributed by atoms with Crippen LogP contribution in [0.1, 0.15) is 18.9 Å². The molecule has 0 saturated carbocycles. The smallest absolute Gasteiger partial charge is 0.330 e. The summed E-state index contributed by atoms with van der Waals surface area (Å²) in [5.74, 6) is 0.888. The molecular weight excluding hydrogens is 254 g/mol. The lowest BCUT2D eigenvalue weighted by Crippen LogP contribution is -2.86. The van der Waals surface area contributed by atoms with E-state index in [2.05, 4.69) is 10.3 Å². The number of fused-ring (bicyclic) bond motifs is 1. The Morgan fingerprint density at radius 2 is 2.00 bits per heavy atom. The normalized spacial score (nSPS) is 16.8. The highest BCUT2D eigenvalue weighted by molar-refractivity contribution is 5.74. The highest BCUT2D eigenvalue weighted by atomic mass is 16.1. The number of nitrogens with two attached hydrogens (primary N) is 1. The maximum absolute atomic E-state index is 12.5. The van der Waals surface area contributed by atoms with E-state index in [1.165, 1.54) is 0 Å². The molecule has 20 heavy (non-hydrogen) atoms. The van der Waals surface area contributed by atoms with E-state index in [4.69, 9.17) is 0 Å². The topological polar surface area (TPSA) is 59.7 Å². The molecule has 0 atom stereocenters. The van der Waals surface area contributed by atoms with Crippen molar-refractivity contribution in [2.45, 2.75) is 18.9 Å². The molecule has 0 radical (unpaired) electrons. The van der Waals surface area contributed by atoms with Gasteiger partial charge in [-0.1, -0.05) is 0 Å². The summed E-state index contributed by atoms with van der Waals surface area (Å²) in [4.78, 5) is 19.2. The van der Waals surface area contributed by atoms with Crippen LogP contribution < -0.4 is 15.9 Å². The van der Waals surface area contributed by atoms with Crippen molar-refractivity contribution in [3.63, 3.8) is 0 Å². The van der Waals surface area contributed by atoms with Gasteiger partial charge in [0.1, 0.15) is 5.82 Å². The van der Waals surface area contributed by atoms with Gasteiger partial charge in [-0.3, -0.25) is 9.13 Å². The Labute approximate surface area is 118 Å². The van der Waals surface area contributed by atoms with Crippen molar-refractivity contribution in [3.05, 3.63) is 22.6 Å². The van der Waals surface area contributed by atoms with Gasteiger partial charge in [0.2, 0.25) is 0 Å². The summed E-state index contributed by atoms with van der Waals surface area (Å²) < 4.78 is 3.61. The minimum absolute atomic E-state index is 0.0512. The molecule has 6 heteroatoms. The van der Waals surface area contributed by atoms with E-state index >= 15 is 0 Å². The number of aromatic nitrogens is 3. The second-order valence-corrected chi connectivity index (χ2v) is 5.72. The Balaban J connectivity index is 2.20. The Kier molecular flexibility index (Phi) is 3.25. The third kappa shape index (κ3) is 2.00. The summed E-state index contributed by atoms with van der Waals surface area (Å²) in [6, 6.07) is 4.23. The average molecular weight is 276 g/mol. The van der Waals surface area contributed by atoms with E-state index in [9.17, 15) is 4.79 Å². The number of imidazole rings is 1. The van der Waals surface area contributed by atoms with Crippen LogP contribution in [0, 0.1) is 0 Å². The van der Waals surface area contributed by atoms with E-state index in [1.807, 2.05) is 42.7 Å². The van der Waals surface area contributed by atoms with Crippen LogP contribution in [0.25, 0.3) is 11.2 Å². The van der Waals surface area contributed by atoms with Crippen molar-refractivity contribution in [1.82, 2.24) is 14.1 Å². The lowest BCUT2D eigenvalue weighted by Gasteiger charge is -2.21. The maximum Gasteiger partial charge on any atom is 0.330 e. The van der Waals surface area contributed by atoms with Crippen LogP contribution >= 0.6 is 0 Å². The minimum Gasteiger partial charge on any atom is -0.363 e. The molecule has 0 bridgehead atoms. The largest absolute Gasteiger partial charge is 0.363 e. The molecule has 0 unspecified atom stereocenters. The number of nitrogens with zero attached hydrogens (tertiary/aromatic N) is 4. The number of hydrogen-bond donors (Lipinski definition) is 1. The number of pyridine rings is 1. The van der Waals surface area contributed by atoms with E-state index in [0.717, 1.165) is 42.9 Å². The van der Waals surface area contributed by atoms with Crippen LogP contribution in [0.3, 0.4) is 0 Å². The Bertz CT molecular complexity index is 679. The van der Waals surface area contributed by atoms with Crippen LogP contribution in [-0.2, 0) is 7.05 Å². The van der Waals surface area contributed by atoms with Crippen molar-refractivity contribution in [3.8, 4) is 0 Å². The fourth-order valence-electron chi connectivity index (χ4n) is 2.97. The lowest BCUT2D eigenvalue weighted by atomic mass is 10.1. The molecule has 3 rings (SSSR count). The van der Waals surface area contributed by atoms with Crippen LogP contribution in [0.15, 0.2) is 16.9 Å². The van der Waals surface area contributed by atoms with Gasteiger partial charge < -0.3 is 10.2 Å². The van der Waals surface area contributed by atoms with Gasteiger partial charge in [-0.2, -0.15) is 0 Å². The quantitative estimate of drug-likeness (QED) is 0.819. The van der Waals surface area contributed by atoms with Gasteiger partial charge >= 0.3 is 5.69 Å². The standard InChI is InChI=1S/C14H21N5O/c1-17(2)12-5-4-11-13(16-12)19(14(20)18(11)3)10-6-8-15-9-7-10/h4-5,10,15H,6-9H2,1-3H3/p+1. The molecule has 2 aromatic heterocycles. The number of hydrogen-bond acceptors (Lipinski definition) is 3. The zero-order valence-electron chi connectivity index (χ0n) is 12.3. The van der Waals surface area contributed by atoms with E-state index in [0.29, 0.717) is 0 Å². The highest BCUT2D eigenvalue weighted by Crippen LogP contribution is 2.22. The highest BCUT2D eigenvalue weighted by Gasteiger charge is 2.23. The first-order valence-electron chi connectivity index (χ1n) is 7.16. The number of rotatable bonds is 2. The van der Waals surface area contributed by atoms with Crippen LogP contribution in [0.4, 0.5) is 5.82 Å². The fraction of sp³-hybridized carbons (Fsp3) is 0.571. The molecule has 0 aliphatic carbocycles. The molecule has 1 aliphatic heterocycles. The molecule has 2 N–H and O–H groups in total. The third-order valence-corrected chi connectivity index (χ3v) is 4.15. The van der Waals surface area contributed by atoms with Gasteiger partial charge in [0.25, 0.3) is 0 Å². The van der Waals surface area contributed by atoms with E-state index in [1.54, 1.807) is 4.57 Å². The van der Waals surface area contributed by atoms with Gasteiger partial charge in [-0.25, -0.2) is 9.78 Å². The zero-order valence-corrected chi connectivity index (χ0v) is 12.3. The summed E-state index contributed by atoms with van der Waals surface area (Å²) >= 11 is 0. The molecule has 0 spiro atoms. The first kappa shape index (κ1) is 13.2. The summed E-state index contributed by atoms with van der Waals surface area (Å²) in [6.45, 7) is 2.17. The minimum atomic E-state index is 0.0512. The van der Waals surface area contributed by atoms with Crippen molar-refractivity contribution in [2.24, 2.45) is 7.05 Å². The van der Waals surface area contributed by atoms with E-state index < -0.39 is 0 Å². The molecule has 108 valence electrons. The SMILES string of the molecule is CN(C)c1ccc2c(n1)n(C1CC[NH2+]CC1)c(=O)n2C. The van der Waals surface area contributed by atoms with Gasteiger partial charge in [0.05, 0.1) is 24.6 Å². The van der Waals surface area contributed by atoms with Crippen molar-refractivity contribution in [2.75, 3.05) is 32.1 Å². The first-order chi connectivity index (χ1) is 9.59. The molecule has 6 nitrogen and oxygen atoms in total. The first-order valence-corrected chi connectivity index (χ1v) is 7.16. The van der Waals surface area contributed by atoms with Crippen molar-refractivity contribution >= 4 is 17.0 Å². The molecule has 1 aliphatic rings. The summed E-state index contributed by atoms with van der Waals surface area (Å²) in [6.07, 6.45) is 2.07. The molecule has 1 fully saturated rings. The summed E-state index contributed by atoms with van der Waals surface area (Å²) in [7, 11) is 5.76. The number of anilines is 1. The third-order valence-electron chi connectivity index (χ3n) is 4.15. The van der Waals surface area contributed by atoms with Gasteiger partial charge in [-0.15, -0.1) is 0 Å². The second kappa shape index (κ2) is 4.94. The molecule has 3 heterocycles. The Morgan fingerprint density at radius 1 is 1.30 bits per heavy atom. The number of aryl methyl sites for hydroxylation is 1. The number of piperidine rings is 1. The van der Waals surface area contributed by atoms with Crippen LogP contribution in [0.5, 0.6) is 0 Å². The molecule has 0 amide bonds. The van der Waals surface area contributed by atoms with Gasteiger partial charge in [0, 0.05) is 34.0 Å². The molecular formula is C14H22N5O+. The molecule has 0 aromatic carbocycles. The number of quaternary nitrogens is 1. The second-order valence-electron chi connectivity index (χ2n) is 5.72. The molecule has 2 aromatic rings. The van der Waals surface area contributed by atoms with Gasteiger partial charge in [0.15, 0.2) is 5.65 Å². The lowest BCUT2D eigenvalue weighted by molar-refractivity contribution is -0.664. The summed E-state index contributed by atoms with van der Waals surface area (Å²) in [5, 5.41) is 2.31.